The van der Waals surface area contributed by atoms with Crippen LogP contribution in [0.1, 0.15) is 32.8 Å². The first-order valence-corrected chi connectivity index (χ1v) is 7.72. The van der Waals surface area contributed by atoms with Gasteiger partial charge in [-0.15, -0.1) is 0 Å². The Labute approximate surface area is 132 Å². The van der Waals surface area contributed by atoms with Crippen LogP contribution in [0.3, 0.4) is 0 Å². The summed E-state index contributed by atoms with van der Waals surface area (Å²) in [6.45, 7) is 7.48. The molecule has 0 bridgehead atoms. The lowest BCUT2D eigenvalue weighted by molar-refractivity contribution is -0.139. The fourth-order valence-electron chi connectivity index (χ4n) is 2.12. The van der Waals surface area contributed by atoms with E-state index in [9.17, 15) is 9.59 Å². The van der Waals surface area contributed by atoms with Gasteiger partial charge in [0.2, 0.25) is 11.8 Å². The van der Waals surface area contributed by atoms with Crippen LogP contribution in [-0.4, -0.2) is 42.5 Å². The summed E-state index contributed by atoms with van der Waals surface area (Å²) in [5.41, 5.74) is 1.01. The fourth-order valence-corrected chi connectivity index (χ4v) is 2.12. The van der Waals surface area contributed by atoms with Crippen LogP contribution in [0.2, 0.25) is 0 Å². The third kappa shape index (κ3) is 6.26. The predicted molar refractivity (Wildman–Crippen MR) is 86.2 cm³/mol. The van der Waals surface area contributed by atoms with Crippen molar-refractivity contribution in [3.05, 3.63) is 35.9 Å². The molecule has 5 heteroatoms. The van der Waals surface area contributed by atoms with Crippen LogP contribution in [0, 0.1) is 0 Å². The van der Waals surface area contributed by atoms with Crippen molar-refractivity contribution in [3.63, 3.8) is 0 Å². The van der Waals surface area contributed by atoms with E-state index in [4.69, 9.17) is 4.74 Å². The summed E-state index contributed by atoms with van der Waals surface area (Å²) in [5, 5.41) is 2.85. The van der Waals surface area contributed by atoms with E-state index in [0.29, 0.717) is 26.3 Å². The molecule has 1 aromatic rings. The number of benzene rings is 1. The highest BCUT2D eigenvalue weighted by Gasteiger charge is 2.23. The quantitative estimate of drug-likeness (QED) is 0.710. The van der Waals surface area contributed by atoms with Gasteiger partial charge in [-0.3, -0.25) is 9.59 Å². The van der Waals surface area contributed by atoms with E-state index >= 15 is 0 Å². The molecule has 0 radical (unpaired) electrons. The smallest absolute Gasteiger partial charge is 0.242 e. The normalized spacial score (nSPS) is 11.8. The van der Waals surface area contributed by atoms with Crippen LogP contribution in [0.4, 0.5) is 0 Å². The van der Waals surface area contributed by atoms with Crippen molar-refractivity contribution >= 4 is 11.8 Å². The molecule has 1 N–H and O–H groups in total. The average molecular weight is 306 g/mol. The zero-order valence-electron chi connectivity index (χ0n) is 13.7. The van der Waals surface area contributed by atoms with Gasteiger partial charge in [0.1, 0.15) is 6.04 Å². The Morgan fingerprint density at radius 2 is 1.95 bits per heavy atom. The van der Waals surface area contributed by atoms with Crippen molar-refractivity contribution < 1.29 is 14.3 Å². The molecule has 0 fully saturated rings. The van der Waals surface area contributed by atoms with E-state index in [1.54, 1.807) is 11.8 Å². The van der Waals surface area contributed by atoms with Gasteiger partial charge in [-0.25, -0.2) is 0 Å². The van der Waals surface area contributed by atoms with Crippen LogP contribution in [0.25, 0.3) is 0 Å². The van der Waals surface area contributed by atoms with Crippen LogP contribution in [-0.2, 0) is 20.9 Å². The van der Waals surface area contributed by atoms with Crippen molar-refractivity contribution in [1.82, 2.24) is 10.2 Å². The molecule has 1 atom stereocenters. The van der Waals surface area contributed by atoms with Crippen LogP contribution >= 0.6 is 0 Å². The van der Waals surface area contributed by atoms with E-state index in [0.717, 1.165) is 12.0 Å². The Hall–Kier alpha value is -1.88. The number of ether oxygens (including phenoxy) is 1. The molecule has 1 rings (SSSR count). The minimum atomic E-state index is -0.496. The van der Waals surface area contributed by atoms with Crippen molar-refractivity contribution in [2.75, 3.05) is 19.8 Å². The first kappa shape index (κ1) is 18.2. The zero-order chi connectivity index (χ0) is 16.4. The first-order valence-electron chi connectivity index (χ1n) is 7.72. The Bertz CT molecular complexity index is 462. The molecule has 0 heterocycles. The monoisotopic (exact) mass is 306 g/mol. The number of rotatable bonds is 9. The largest absolute Gasteiger partial charge is 0.382 e. The number of carbonyl (C=O) groups is 2. The molecule has 0 aromatic heterocycles. The third-order valence-corrected chi connectivity index (χ3v) is 3.42. The lowest BCUT2D eigenvalue weighted by atomic mass is 10.1. The summed E-state index contributed by atoms with van der Waals surface area (Å²) in [6.07, 6.45) is 0.769. The Morgan fingerprint density at radius 3 is 2.55 bits per heavy atom. The molecule has 0 saturated heterocycles. The molecular weight excluding hydrogens is 280 g/mol. The van der Waals surface area contributed by atoms with Gasteiger partial charge in [0.05, 0.1) is 0 Å². The molecule has 5 nitrogen and oxygen atoms in total. The molecule has 2 amide bonds. The van der Waals surface area contributed by atoms with Crippen LogP contribution in [0.15, 0.2) is 30.3 Å². The Balaban J connectivity index is 2.52. The molecule has 0 aliphatic rings. The van der Waals surface area contributed by atoms with Crippen molar-refractivity contribution in [3.8, 4) is 0 Å². The molecule has 22 heavy (non-hydrogen) atoms. The minimum Gasteiger partial charge on any atom is -0.382 e. The number of hydrogen-bond acceptors (Lipinski definition) is 3. The van der Waals surface area contributed by atoms with E-state index in [1.165, 1.54) is 6.92 Å². The topological polar surface area (TPSA) is 58.6 Å². The molecule has 0 aliphatic carbocycles. The van der Waals surface area contributed by atoms with Gasteiger partial charge in [0.15, 0.2) is 0 Å². The summed E-state index contributed by atoms with van der Waals surface area (Å²) in [5.74, 6) is -0.247. The lowest BCUT2D eigenvalue weighted by Gasteiger charge is -2.27. The van der Waals surface area contributed by atoms with Gasteiger partial charge in [-0.1, -0.05) is 30.3 Å². The maximum atomic E-state index is 12.2. The van der Waals surface area contributed by atoms with Crippen molar-refractivity contribution in [2.45, 2.75) is 39.8 Å². The minimum absolute atomic E-state index is 0.110. The lowest BCUT2D eigenvalue weighted by Crippen LogP contribution is -2.47. The second-order valence-corrected chi connectivity index (χ2v) is 5.15. The number of amides is 2. The maximum absolute atomic E-state index is 12.2. The van der Waals surface area contributed by atoms with Gasteiger partial charge < -0.3 is 15.0 Å². The average Bonchev–Trinajstić information content (AvgIpc) is 2.52. The highest BCUT2D eigenvalue weighted by atomic mass is 16.5. The van der Waals surface area contributed by atoms with Gasteiger partial charge in [0.25, 0.3) is 0 Å². The molecule has 0 saturated carbocycles. The second kappa shape index (κ2) is 9.95. The van der Waals surface area contributed by atoms with Gasteiger partial charge in [0, 0.05) is 33.2 Å². The maximum Gasteiger partial charge on any atom is 0.242 e. The number of hydrogen-bond donors (Lipinski definition) is 1. The Kier molecular flexibility index (Phi) is 8.22. The van der Waals surface area contributed by atoms with Gasteiger partial charge >= 0.3 is 0 Å². The second-order valence-electron chi connectivity index (χ2n) is 5.15. The van der Waals surface area contributed by atoms with Crippen molar-refractivity contribution in [2.24, 2.45) is 0 Å². The van der Waals surface area contributed by atoms with Crippen LogP contribution < -0.4 is 5.32 Å². The SMILES string of the molecule is CCOCCCNC(=O)[C@H](C)N(Cc1ccccc1)C(C)=O. The first-order chi connectivity index (χ1) is 10.6. The number of carbonyl (C=O) groups excluding carboxylic acids is 2. The number of nitrogens with zero attached hydrogens (tertiary/aromatic N) is 1. The summed E-state index contributed by atoms with van der Waals surface area (Å²) < 4.78 is 5.22. The third-order valence-electron chi connectivity index (χ3n) is 3.42. The summed E-state index contributed by atoms with van der Waals surface area (Å²) in [6, 6.07) is 9.17. The van der Waals surface area contributed by atoms with Crippen LogP contribution in [0.5, 0.6) is 0 Å². The molecule has 0 spiro atoms. The predicted octanol–water partition coefficient (Wildman–Crippen LogP) is 1.97. The molecule has 1 aromatic carbocycles. The van der Waals surface area contributed by atoms with Gasteiger partial charge in [-0.2, -0.15) is 0 Å². The zero-order valence-corrected chi connectivity index (χ0v) is 13.7. The highest BCUT2D eigenvalue weighted by Crippen LogP contribution is 2.09. The van der Waals surface area contributed by atoms with E-state index in [-0.39, 0.29) is 11.8 Å². The summed E-state index contributed by atoms with van der Waals surface area (Å²) in [4.78, 5) is 25.6. The molecule has 122 valence electrons. The fraction of sp³-hybridized carbons (Fsp3) is 0.529. The molecular formula is C17H26N2O3. The standard InChI is InChI=1S/C17H26N2O3/c1-4-22-12-8-11-18-17(21)14(2)19(15(3)20)13-16-9-6-5-7-10-16/h5-7,9-10,14H,4,8,11-13H2,1-3H3,(H,18,21)/t14-/m0/s1. The highest BCUT2D eigenvalue weighted by molar-refractivity contribution is 5.86. The van der Waals surface area contributed by atoms with Crippen molar-refractivity contribution in [1.29, 1.82) is 0 Å². The molecule has 0 unspecified atom stereocenters. The summed E-state index contributed by atoms with van der Waals surface area (Å²) in [7, 11) is 0. The van der Waals surface area contributed by atoms with Gasteiger partial charge in [-0.05, 0) is 25.8 Å². The summed E-state index contributed by atoms with van der Waals surface area (Å²) >= 11 is 0. The van der Waals surface area contributed by atoms with E-state index in [2.05, 4.69) is 5.32 Å². The Morgan fingerprint density at radius 1 is 1.27 bits per heavy atom. The van der Waals surface area contributed by atoms with E-state index < -0.39 is 6.04 Å². The number of nitrogens with one attached hydrogen (secondary N) is 1. The molecule has 0 aliphatic heterocycles. The van der Waals surface area contributed by atoms with E-state index in [1.807, 2.05) is 37.3 Å².